The second-order valence-electron chi connectivity index (χ2n) is 16.8. The molecule has 0 fully saturated rings. The third kappa shape index (κ3) is 5.41. The average molecular weight is 817 g/mol. The van der Waals surface area contributed by atoms with Crippen molar-refractivity contribution in [2.24, 2.45) is 0 Å². The molecule has 0 saturated heterocycles. The first-order valence-corrected chi connectivity index (χ1v) is 22.0. The molecule has 0 amide bonds. The van der Waals surface area contributed by atoms with Gasteiger partial charge in [-0.3, -0.25) is 0 Å². The van der Waals surface area contributed by atoms with Crippen molar-refractivity contribution in [3.8, 4) is 50.6 Å². The van der Waals surface area contributed by atoms with Crippen LogP contribution >= 0.6 is 0 Å². The van der Waals surface area contributed by atoms with E-state index >= 15 is 0 Å². The molecule has 0 bridgehead atoms. The minimum atomic E-state index is -0.564. The zero-order chi connectivity index (χ0) is 42.2. The van der Waals surface area contributed by atoms with Crippen LogP contribution in [-0.2, 0) is 5.41 Å². The van der Waals surface area contributed by atoms with E-state index in [-0.39, 0.29) is 0 Å². The van der Waals surface area contributed by atoms with Crippen LogP contribution in [0, 0.1) is 0 Å². The summed E-state index contributed by atoms with van der Waals surface area (Å²) in [4.78, 5) is 2.40. The molecule has 1 aliphatic heterocycles. The first-order valence-electron chi connectivity index (χ1n) is 22.0. The number of anilines is 3. The summed E-state index contributed by atoms with van der Waals surface area (Å²) in [6, 6.07) is 88.0. The van der Waals surface area contributed by atoms with Gasteiger partial charge in [0.05, 0.1) is 16.4 Å². The predicted molar refractivity (Wildman–Crippen MR) is 264 cm³/mol. The van der Waals surface area contributed by atoms with Gasteiger partial charge in [-0.15, -0.1) is 0 Å². The number of rotatable bonds is 6. The molecule has 0 atom stereocenters. The summed E-state index contributed by atoms with van der Waals surface area (Å²) < 4.78 is 9.02. The van der Waals surface area contributed by atoms with E-state index < -0.39 is 5.41 Å². The van der Waals surface area contributed by atoms with Gasteiger partial charge in [-0.25, -0.2) is 0 Å². The molecular weight excluding hydrogens is 777 g/mol. The lowest BCUT2D eigenvalue weighted by atomic mass is 9.66. The molecule has 64 heavy (non-hydrogen) atoms. The zero-order valence-corrected chi connectivity index (χ0v) is 34.9. The Morgan fingerprint density at radius 3 is 1.36 bits per heavy atom. The minimum absolute atomic E-state index is 0.564. The van der Waals surface area contributed by atoms with Crippen molar-refractivity contribution in [2.75, 3.05) is 4.90 Å². The van der Waals surface area contributed by atoms with Gasteiger partial charge in [-0.1, -0.05) is 170 Å². The third-order valence-corrected chi connectivity index (χ3v) is 13.5. The van der Waals surface area contributed by atoms with Gasteiger partial charge in [-0.2, -0.15) is 0 Å². The van der Waals surface area contributed by atoms with Crippen LogP contribution in [0.1, 0.15) is 22.3 Å². The lowest BCUT2D eigenvalue weighted by Gasteiger charge is -2.39. The van der Waals surface area contributed by atoms with E-state index in [1.807, 2.05) is 0 Å². The van der Waals surface area contributed by atoms with Crippen molar-refractivity contribution in [3.05, 3.63) is 265 Å². The molecule has 0 radical (unpaired) electrons. The fourth-order valence-electron chi connectivity index (χ4n) is 10.7. The molecule has 10 aromatic carbocycles. The highest BCUT2D eigenvalue weighted by Gasteiger charge is 2.51. The fourth-order valence-corrected chi connectivity index (χ4v) is 10.7. The molecule has 1 aliphatic carbocycles. The first-order chi connectivity index (χ1) is 31.7. The second kappa shape index (κ2) is 14.3. The number of fused-ring (bicyclic) bond motifs is 12. The molecule has 0 N–H and O–H groups in total. The topological polar surface area (TPSA) is 17.4 Å². The Balaban J connectivity index is 0.942. The highest BCUT2D eigenvalue weighted by molar-refractivity contribution is 6.09. The summed E-state index contributed by atoms with van der Waals surface area (Å²) in [6.07, 6.45) is 0. The van der Waals surface area contributed by atoms with Crippen molar-refractivity contribution in [1.29, 1.82) is 0 Å². The van der Waals surface area contributed by atoms with Gasteiger partial charge in [-0.05, 0) is 117 Å². The van der Waals surface area contributed by atoms with Crippen molar-refractivity contribution >= 4 is 38.9 Å². The van der Waals surface area contributed by atoms with E-state index in [9.17, 15) is 0 Å². The molecular formula is C61H40N2O. The second-order valence-corrected chi connectivity index (χ2v) is 16.8. The quantitative estimate of drug-likeness (QED) is 0.166. The third-order valence-electron chi connectivity index (χ3n) is 13.5. The van der Waals surface area contributed by atoms with E-state index in [0.29, 0.717) is 0 Å². The smallest absolute Gasteiger partial charge is 0.132 e. The van der Waals surface area contributed by atoms with Crippen LogP contribution in [0.15, 0.2) is 243 Å². The number of para-hydroxylation sites is 4. The molecule has 1 aromatic heterocycles. The molecule has 3 nitrogen and oxygen atoms in total. The van der Waals surface area contributed by atoms with Crippen LogP contribution in [0.3, 0.4) is 0 Å². The van der Waals surface area contributed by atoms with Crippen LogP contribution in [0.2, 0.25) is 0 Å². The van der Waals surface area contributed by atoms with Gasteiger partial charge in [0.2, 0.25) is 0 Å². The lowest BCUT2D eigenvalue weighted by molar-refractivity contribution is 0.436. The average Bonchev–Trinajstić information content (AvgIpc) is 3.85. The Hall–Kier alpha value is -8.40. The Morgan fingerprint density at radius 2 is 0.766 bits per heavy atom. The van der Waals surface area contributed by atoms with Gasteiger partial charge in [0, 0.05) is 44.6 Å². The molecule has 2 heterocycles. The monoisotopic (exact) mass is 816 g/mol. The summed E-state index contributed by atoms with van der Waals surface area (Å²) in [5, 5.41) is 2.53. The highest BCUT2D eigenvalue weighted by atomic mass is 16.5. The largest absolute Gasteiger partial charge is 0.457 e. The summed E-state index contributed by atoms with van der Waals surface area (Å²) in [7, 11) is 0. The number of hydrogen-bond acceptors (Lipinski definition) is 2. The Kier molecular flexibility index (Phi) is 8.13. The molecule has 1 spiro atoms. The maximum atomic E-state index is 6.65. The van der Waals surface area contributed by atoms with Crippen LogP contribution in [0.25, 0.3) is 60.9 Å². The normalized spacial score (nSPS) is 12.9. The minimum Gasteiger partial charge on any atom is -0.457 e. The number of nitrogens with zero attached hydrogens (tertiary/aromatic N) is 2. The predicted octanol–water partition coefficient (Wildman–Crippen LogP) is 16.1. The zero-order valence-electron chi connectivity index (χ0n) is 34.9. The van der Waals surface area contributed by atoms with Crippen LogP contribution in [0.5, 0.6) is 11.5 Å². The lowest BCUT2D eigenvalue weighted by Crippen LogP contribution is -2.32. The molecule has 3 heteroatoms. The van der Waals surface area contributed by atoms with E-state index in [4.69, 9.17) is 4.74 Å². The standard InChI is InChI=1S/C61H40N2O/c1-2-14-41(15-3-1)42-26-32-45(33-27-42)62(46-34-28-43(29-35-46)44-30-36-47(37-31-44)63-57-22-10-5-17-51(57)52-18-6-11-23-58(52)63)48-38-39-50-49-16-4-7-19-53(49)61(56(50)40-48)54-20-8-12-24-59(54)64-60-25-13-9-21-55(60)61/h1-40H. The number of benzene rings is 10. The molecule has 0 unspecified atom stereocenters. The van der Waals surface area contributed by atoms with E-state index in [0.717, 1.165) is 50.9 Å². The van der Waals surface area contributed by atoms with Crippen molar-refractivity contribution in [2.45, 2.75) is 5.41 Å². The van der Waals surface area contributed by atoms with Gasteiger partial charge < -0.3 is 14.2 Å². The Morgan fingerprint density at radius 1 is 0.328 bits per heavy atom. The van der Waals surface area contributed by atoms with Gasteiger partial charge in [0.25, 0.3) is 0 Å². The Labute approximate surface area is 372 Å². The summed E-state index contributed by atoms with van der Waals surface area (Å²) in [6.45, 7) is 0. The summed E-state index contributed by atoms with van der Waals surface area (Å²) >= 11 is 0. The Bertz CT molecular complexity index is 3470. The molecule has 11 aromatic rings. The number of aromatic nitrogens is 1. The van der Waals surface area contributed by atoms with Gasteiger partial charge >= 0.3 is 0 Å². The highest BCUT2D eigenvalue weighted by Crippen LogP contribution is 2.62. The number of ether oxygens (including phenoxy) is 1. The fraction of sp³-hybridized carbons (Fsp3) is 0.0164. The van der Waals surface area contributed by atoms with Crippen molar-refractivity contribution in [3.63, 3.8) is 0 Å². The van der Waals surface area contributed by atoms with Crippen LogP contribution < -0.4 is 9.64 Å². The SMILES string of the molecule is c1ccc(-c2ccc(N(c3ccc(-c4ccc(-n5c6ccccc6c6ccccc65)cc4)cc3)c3ccc4c(c3)C3(c5ccccc5Oc5ccccc53)c3ccccc3-4)cc2)cc1. The van der Waals surface area contributed by atoms with Crippen molar-refractivity contribution in [1.82, 2.24) is 4.57 Å². The van der Waals surface area contributed by atoms with Crippen LogP contribution in [0.4, 0.5) is 17.1 Å². The van der Waals surface area contributed by atoms with Gasteiger partial charge in [0.15, 0.2) is 0 Å². The summed E-state index contributed by atoms with van der Waals surface area (Å²) in [5.41, 5.74) is 18.3. The maximum Gasteiger partial charge on any atom is 0.132 e. The molecule has 300 valence electrons. The molecule has 0 saturated carbocycles. The molecule has 13 rings (SSSR count). The van der Waals surface area contributed by atoms with E-state index in [1.165, 1.54) is 60.8 Å². The molecule has 2 aliphatic rings. The number of hydrogen-bond donors (Lipinski definition) is 0. The van der Waals surface area contributed by atoms with Gasteiger partial charge in [0.1, 0.15) is 11.5 Å². The van der Waals surface area contributed by atoms with E-state index in [2.05, 4.69) is 252 Å². The maximum absolute atomic E-state index is 6.65. The van der Waals surface area contributed by atoms with Crippen molar-refractivity contribution < 1.29 is 4.74 Å². The first kappa shape index (κ1) is 36.3. The summed E-state index contributed by atoms with van der Waals surface area (Å²) in [5.74, 6) is 1.78. The van der Waals surface area contributed by atoms with Crippen LogP contribution in [-0.4, -0.2) is 4.57 Å². The van der Waals surface area contributed by atoms with E-state index in [1.54, 1.807) is 0 Å².